The van der Waals surface area contributed by atoms with Gasteiger partial charge in [0.2, 0.25) is 5.91 Å². The predicted molar refractivity (Wildman–Crippen MR) is 76.8 cm³/mol. The predicted octanol–water partition coefficient (Wildman–Crippen LogP) is 1.44. The van der Waals surface area contributed by atoms with Crippen molar-refractivity contribution in [3.8, 4) is 0 Å². The first-order chi connectivity index (χ1) is 8.07. The summed E-state index contributed by atoms with van der Waals surface area (Å²) in [6, 6.07) is 0.388. The summed E-state index contributed by atoms with van der Waals surface area (Å²) >= 11 is 3.93. The average molecular weight is 274 g/mol. The van der Waals surface area contributed by atoms with Crippen molar-refractivity contribution in [3.05, 3.63) is 0 Å². The number of hydrogen-bond acceptors (Lipinski definition) is 4. The fourth-order valence-electron chi connectivity index (χ4n) is 2.32. The van der Waals surface area contributed by atoms with Gasteiger partial charge in [0.15, 0.2) is 0 Å². The molecule has 0 saturated carbocycles. The normalized spacial score (nSPS) is 29.1. The summed E-state index contributed by atoms with van der Waals surface area (Å²) in [6.45, 7) is 7.32. The van der Waals surface area contributed by atoms with Crippen LogP contribution < -0.4 is 5.32 Å². The third kappa shape index (κ3) is 4.07. The van der Waals surface area contributed by atoms with Crippen LogP contribution >= 0.6 is 23.5 Å². The highest BCUT2D eigenvalue weighted by Gasteiger charge is 2.30. The maximum atomic E-state index is 12.2. The van der Waals surface area contributed by atoms with Gasteiger partial charge >= 0.3 is 0 Å². The number of carbonyl (C=O) groups excluding carboxylic acids is 1. The topological polar surface area (TPSA) is 32.3 Å². The van der Waals surface area contributed by atoms with E-state index < -0.39 is 0 Å². The van der Waals surface area contributed by atoms with Crippen LogP contribution in [0.4, 0.5) is 0 Å². The second-order valence-electron chi connectivity index (χ2n) is 5.35. The molecule has 1 amide bonds. The van der Waals surface area contributed by atoms with Crippen molar-refractivity contribution in [2.24, 2.45) is 0 Å². The summed E-state index contributed by atoms with van der Waals surface area (Å²) in [6.07, 6.45) is 0.674. The zero-order chi connectivity index (χ0) is 12.3. The lowest BCUT2D eigenvalue weighted by molar-refractivity contribution is -0.131. The summed E-state index contributed by atoms with van der Waals surface area (Å²) < 4.78 is 0.225. The Morgan fingerprint density at radius 1 is 1.47 bits per heavy atom. The van der Waals surface area contributed by atoms with Gasteiger partial charge in [-0.1, -0.05) is 0 Å². The van der Waals surface area contributed by atoms with Gasteiger partial charge in [-0.15, -0.1) is 0 Å². The molecule has 1 unspecified atom stereocenters. The SMILES string of the molecule is CC1(C)CN(C(=O)CC2CSCCN2)CCS1. The molecule has 0 aromatic carbocycles. The Hall–Kier alpha value is 0.130. The van der Waals surface area contributed by atoms with Gasteiger partial charge in [0.25, 0.3) is 0 Å². The summed E-state index contributed by atoms with van der Waals surface area (Å²) in [5.41, 5.74) is 0. The van der Waals surface area contributed by atoms with E-state index in [9.17, 15) is 4.79 Å². The Kier molecular flexibility index (Phi) is 4.66. The minimum atomic E-state index is 0.225. The molecule has 0 bridgehead atoms. The van der Waals surface area contributed by atoms with Crippen molar-refractivity contribution < 1.29 is 4.79 Å². The molecule has 2 aliphatic rings. The van der Waals surface area contributed by atoms with Crippen LogP contribution in [0.15, 0.2) is 0 Å². The molecule has 2 aliphatic heterocycles. The fourth-order valence-corrected chi connectivity index (χ4v) is 4.38. The molecule has 0 radical (unpaired) electrons. The third-order valence-electron chi connectivity index (χ3n) is 3.20. The van der Waals surface area contributed by atoms with E-state index in [4.69, 9.17) is 0 Å². The molecular formula is C12H22N2OS2. The molecule has 2 fully saturated rings. The molecule has 2 heterocycles. The van der Waals surface area contributed by atoms with E-state index >= 15 is 0 Å². The van der Waals surface area contributed by atoms with E-state index in [1.807, 2.05) is 23.5 Å². The van der Waals surface area contributed by atoms with E-state index in [1.165, 1.54) is 5.75 Å². The summed E-state index contributed by atoms with van der Waals surface area (Å²) in [4.78, 5) is 14.3. The Bertz CT molecular complexity index is 278. The van der Waals surface area contributed by atoms with Gasteiger partial charge in [-0.3, -0.25) is 4.79 Å². The minimum absolute atomic E-state index is 0.225. The van der Waals surface area contributed by atoms with E-state index in [-0.39, 0.29) is 4.75 Å². The largest absolute Gasteiger partial charge is 0.340 e. The second-order valence-corrected chi connectivity index (χ2v) is 8.31. The van der Waals surface area contributed by atoms with Crippen molar-refractivity contribution in [1.29, 1.82) is 0 Å². The van der Waals surface area contributed by atoms with Crippen LogP contribution in [0.1, 0.15) is 20.3 Å². The highest BCUT2D eigenvalue weighted by Crippen LogP contribution is 2.29. The minimum Gasteiger partial charge on any atom is -0.340 e. The highest BCUT2D eigenvalue weighted by atomic mass is 32.2. The lowest BCUT2D eigenvalue weighted by Gasteiger charge is -2.38. The average Bonchev–Trinajstić information content (AvgIpc) is 2.29. The molecule has 1 atom stereocenters. The lowest BCUT2D eigenvalue weighted by atomic mass is 10.1. The summed E-state index contributed by atoms with van der Waals surface area (Å²) in [5, 5.41) is 3.44. The van der Waals surface area contributed by atoms with Crippen molar-refractivity contribution in [2.75, 3.05) is 36.9 Å². The number of hydrogen-bond donors (Lipinski definition) is 1. The third-order valence-corrected chi connectivity index (χ3v) is 5.63. The molecule has 98 valence electrons. The molecular weight excluding hydrogens is 252 g/mol. The first-order valence-corrected chi connectivity index (χ1v) is 8.44. The maximum Gasteiger partial charge on any atom is 0.224 e. The van der Waals surface area contributed by atoms with Crippen LogP contribution in [-0.4, -0.2) is 58.5 Å². The van der Waals surface area contributed by atoms with Crippen LogP contribution in [0.2, 0.25) is 0 Å². The maximum absolute atomic E-state index is 12.2. The molecule has 1 N–H and O–H groups in total. The zero-order valence-electron chi connectivity index (χ0n) is 10.7. The molecule has 2 rings (SSSR count). The van der Waals surface area contributed by atoms with Crippen LogP contribution in [-0.2, 0) is 4.79 Å². The van der Waals surface area contributed by atoms with Gasteiger partial charge in [0.1, 0.15) is 0 Å². The summed E-state index contributed by atoms with van der Waals surface area (Å²) in [5.74, 6) is 3.67. The van der Waals surface area contributed by atoms with E-state index in [0.29, 0.717) is 18.4 Å². The highest BCUT2D eigenvalue weighted by molar-refractivity contribution is 8.00. The van der Waals surface area contributed by atoms with Crippen LogP contribution in [0, 0.1) is 0 Å². The van der Waals surface area contributed by atoms with E-state index in [1.54, 1.807) is 0 Å². The number of amides is 1. The number of nitrogens with zero attached hydrogens (tertiary/aromatic N) is 1. The van der Waals surface area contributed by atoms with Crippen molar-refractivity contribution in [1.82, 2.24) is 10.2 Å². The molecule has 0 aromatic heterocycles. The quantitative estimate of drug-likeness (QED) is 0.826. The first kappa shape index (κ1) is 13.6. The van der Waals surface area contributed by atoms with Gasteiger partial charge in [-0.2, -0.15) is 23.5 Å². The molecule has 0 spiro atoms. The first-order valence-electron chi connectivity index (χ1n) is 6.30. The Balaban J connectivity index is 1.82. The van der Waals surface area contributed by atoms with Crippen LogP contribution in [0.5, 0.6) is 0 Å². The number of nitrogens with one attached hydrogen (secondary N) is 1. The molecule has 3 nitrogen and oxygen atoms in total. The smallest absolute Gasteiger partial charge is 0.224 e. The zero-order valence-corrected chi connectivity index (χ0v) is 12.3. The Labute approximate surface area is 112 Å². The van der Waals surface area contributed by atoms with Gasteiger partial charge < -0.3 is 10.2 Å². The van der Waals surface area contributed by atoms with Gasteiger partial charge in [0.05, 0.1) is 0 Å². The molecule has 17 heavy (non-hydrogen) atoms. The summed E-state index contributed by atoms with van der Waals surface area (Å²) in [7, 11) is 0. The molecule has 2 saturated heterocycles. The Morgan fingerprint density at radius 2 is 2.29 bits per heavy atom. The second kappa shape index (κ2) is 5.85. The lowest BCUT2D eigenvalue weighted by Crippen LogP contribution is -2.49. The number of carbonyl (C=O) groups is 1. The molecule has 0 aromatic rings. The van der Waals surface area contributed by atoms with Crippen LogP contribution in [0.25, 0.3) is 0 Å². The van der Waals surface area contributed by atoms with Crippen LogP contribution in [0.3, 0.4) is 0 Å². The monoisotopic (exact) mass is 274 g/mol. The number of rotatable bonds is 2. The van der Waals surface area contributed by atoms with Crippen molar-refractivity contribution in [2.45, 2.75) is 31.1 Å². The Morgan fingerprint density at radius 3 is 2.94 bits per heavy atom. The standard InChI is InChI=1S/C12H22N2OS2/c1-12(2)9-14(4-6-17-12)11(15)7-10-8-16-5-3-13-10/h10,13H,3-9H2,1-2H3. The molecule has 0 aliphatic carbocycles. The fraction of sp³-hybridized carbons (Fsp3) is 0.917. The van der Waals surface area contributed by atoms with Crippen molar-refractivity contribution >= 4 is 29.4 Å². The van der Waals surface area contributed by atoms with Crippen molar-refractivity contribution in [3.63, 3.8) is 0 Å². The van der Waals surface area contributed by atoms with Gasteiger partial charge in [-0.05, 0) is 13.8 Å². The van der Waals surface area contributed by atoms with Gasteiger partial charge in [0, 0.05) is 54.1 Å². The number of thioether (sulfide) groups is 2. The molecule has 5 heteroatoms. The van der Waals surface area contributed by atoms with E-state index in [2.05, 4.69) is 24.1 Å². The van der Waals surface area contributed by atoms with Gasteiger partial charge in [-0.25, -0.2) is 0 Å². The van der Waals surface area contributed by atoms with E-state index in [0.717, 1.165) is 31.1 Å².